The number of benzene rings is 3. The molecule has 3 aromatic carbocycles. The number of anilines is 1. The molecular weight excluding hydrogens is 529 g/mol. The lowest BCUT2D eigenvalue weighted by Crippen LogP contribution is -2.40. The van der Waals surface area contributed by atoms with E-state index in [0.717, 1.165) is 0 Å². The first-order valence-corrected chi connectivity index (χ1v) is 11.9. The van der Waals surface area contributed by atoms with Gasteiger partial charge in [-0.2, -0.15) is 5.26 Å². The second kappa shape index (κ2) is 11.3. The number of methoxy groups -OCH3 is 2. The highest BCUT2D eigenvalue weighted by atomic mass is 35.5. The lowest BCUT2D eigenvalue weighted by atomic mass is 9.81. The topological polar surface area (TPSA) is 115 Å². The number of ether oxygens (including phenoxy) is 3. The van der Waals surface area contributed by atoms with Crippen molar-refractivity contribution in [3.8, 4) is 17.6 Å². The fraction of sp³-hybridized carbons (Fsp3) is 0.107. The molecule has 0 aliphatic carbocycles. The molecule has 10 heteroatoms. The summed E-state index contributed by atoms with van der Waals surface area (Å²) < 4.78 is 16.2. The number of rotatable bonds is 6. The van der Waals surface area contributed by atoms with Crippen molar-refractivity contribution in [3.63, 3.8) is 0 Å². The van der Waals surface area contributed by atoms with Gasteiger partial charge >= 0.3 is 11.9 Å². The summed E-state index contributed by atoms with van der Waals surface area (Å²) in [5.41, 5.74) is 6.97. The summed E-state index contributed by atoms with van der Waals surface area (Å²) in [7, 11) is 2.35. The zero-order valence-corrected chi connectivity index (χ0v) is 21.8. The molecule has 8 nitrogen and oxygen atoms in total. The number of esters is 2. The maximum absolute atomic E-state index is 13.3. The quantitative estimate of drug-likeness (QED) is 0.390. The second-order valence-corrected chi connectivity index (χ2v) is 8.88. The van der Waals surface area contributed by atoms with Crippen LogP contribution >= 0.6 is 23.2 Å². The largest absolute Gasteiger partial charge is 0.466 e. The summed E-state index contributed by atoms with van der Waals surface area (Å²) in [6.45, 7) is 0. The third-order valence-electron chi connectivity index (χ3n) is 5.81. The Morgan fingerprint density at radius 3 is 2.16 bits per heavy atom. The molecule has 1 aliphatic heterocycles. The number of allylic oxidation sites excluding steroid dienone is 1. The molecule has 1 heterocycles. The number of carbonyl (C=O) groups is 2. The maximum Gasteiger partial charge on any atom is 0.355 e. The smallest absolute Gasteiger partial charge is 0.355 e. The summed E-state index contributed by atoms with van der Waals surface area (Å²) in [5.74, 6) is -2.19. The number of carbonyl (C=O) groups excluding carboxylic acids is 2. The first-order chi connectivity index (χ1) is 18.3. The molecule has 0 aromatic heterocycles. The van der Waals surface area contributed by atoms with Crippen LogP contribution in [0, 0.1) is 11.3 Å². The van der Waals surface area contributed by atoms with Gasteiger partial charge in [-0.15, -0.1) is 0 Å². The second-order valence-electron chi connectivity index (χ2n) is 8.00. The van der Waals surface area contributed by atoms with Crippen LogP contribution in [0.25, 0.3) is 0 Å². The Balaban J connectivity index is 2.03. The number of hydrogen-bond donors (Lipinski definition) is 1. The minimum absolute atomic E-state index is 0.0154. The molecule has 192 valence electrons. The van der Waals surface area contributed by atoms with E-state index < -0.39 is 17.9 Å². The summed E-state index contributed by atoms with van der Waals surface area (Å²) in [5, 5.41) is 11.0. The van der Waals surface area contributed by atoms with Gasteiger partial charge in [0.15, 0.2) is 5.75 Å². The molecule has 0 saturated heterocycles. The van der Waals surface area contributed by atoms with Gasteiger partial charge in [0.2, 0.25) is 0 Å². The Kier molecular flexibility index (Phi) is 7.91. The average Bonchev–Trinajstić information content (AvgIpc) is 2.94. The van der Waals surface area contributed by atoms with Crippen molar-refractivity contribution >= 4 is 40.8 Å². The van der Waals surface area contributed by atoms with Gasteiger partial charge in [-0.3, -0.25) is 4.90 Å². The molecule has 0 amide bonds. The number of nitrogens with two attached hydrogens (primary N) is 1. The number of hydrogen-bond acceptors (Lipinski definition) is 8. The van der Waals surface area contributed by atoms with Gasteiger partial charge in [0.05, 0.1) is 43.0 Å². The maximum atomic E-state index is 13.3. The molecule has 1 unspecified atom stereocenters. The Morgan fingerprint density at radius 2 is 1.55 bits per heavy atom. The molecular formula is C28H21Cl2N3O5. The summed E-state index contributed by atoms with van der Waals surface area (Å²) in [4.78, 5) is 27.8. The molecule has 38 heavy (non-hydrogen) atoms. The van der Waals surface area contributed by atoms with Gasteiger partial charge in [0, 0.05) is 10.0 Å². The minimum Gasteiger partial charge on any atom is -0.466 e. The number of halogens is 2. The van der Waals surface area contributed by atoms with Crippen molar-refractivity contribution < 1.29 is 23.8 Å². The highest BCUT2D eigenvalue weighted by Gasteiger charge is 2.43. The van der Waals surface area contributed by atoms with Gasteiger partial charge < -0.3 is 19.9 Å². The molecule has 0 radical (unpaired) electrons. The Labute approximate surface area is 229 Å². The first-order valence-electron chi connectivity index (χ1n) is 11.2. The first kappa shape index (κ1) is 26.6. The Bertz CT molecular complexity index is 1500. The summed E-state index contributed by atoms with van der Waals surface area (Å²) >= 11 is 12.3. The van der Waals surface area contributed by atoms with E-state index >= 15 is 0 Å². The third kappa shape index (κ3) is 5.02. The van der Waals surface area contributed by atoms with Crippen molar-refractivity contribution in [1.82, 2.24) is 0 Å². The number of nitrogens with zero attached hydrogens (tertiary/aromatic N) is 2. The van der Waals surface area contributed by atoms with Crippen molar-refractivity contribution in [2.45, 2.75) is 5.92 Å². The third-order valence-corrected chi connectivity index (χ3v) is 6.30. The van der Waals surface area contributed by atoms with Gasteiger partial charge in [0.25, 0.3) is 0 Å². The molecule has 4 rings (SSSR count). The van der Waals surface area contributed by atoms with Crippen LogP contribution in [-0.2, 0) is 19.1 Å². The highest BCUT2D eigenvalue weighted by Crippen LogP contribution is 2.46. The molecule has 0 bridgehead atoms. The molecule has 0 spiro atoms. The SMILES string of the molecule is COC(=O)C1=C(C(=O)OC)N(c2cc(Cl)ccc2Oc2ccc(Cl)cc2)C(N)=C(C#N)C1c1ccccc1. The predicted molar refractivity (Wildman–Crippen MR) is 143 cm³/mol. The van der Waals surface area contributed by atoms with Crippen molar-refractivity contribution in [1.29, 1.82) is 5.26 Å². The van der Waals surface area contributed by atoms with E-state index in [4.69, 9.17) is 43.1 Å². The molecule has 3 aromatic rings. The van der Waals surface area contributed by atoms with Crippen LogP contribution in [0.5, 0.6) is 11.5 Å². The lowest BCUT2D eigenvalue weighted by molar-refractivity contribution is -0.139. The summed E-state index contributed by atoms with van der Waals surface area (Å²) in [6.07, 6.45) is 0. The standard InChI is InChI=1S/C28H21Cl2N3O5/c1-36-27(34)24-23(16-6-4-3-5-7-16)20(15-31)26(32)33(25(24)28(35)37-2)21-14-18(30)10-13-22(21)38-19-11-8-17(29)9-12-19/h3-14,23H,32H2,1-2H3. The molecule has 0 fully saturated rings. The van der Waals surface area contributed by atoms with Gasteiger partial charge in [-0.1, -0.05) is 53.5 Å². The minimum atomic E-state index is -1.00. The average molecular weight is 550 g/mol. The van der Waals surface area contributed by atoms with Crippen LogP contribution in [-0.4, -0.2) is 26.2 Å². The van der Waals surface area contributed by atoms with E-state index in [-0.39, 0.29) is 39.1 Å². The van der Waals surface area contributed by atoms with Crippen molar-refractivity contribution in [3.05, 3.63) is 111 Å². The van der Waals surface area contributed by atoms with E-state index in [2.05, 4.69) is 6.07 Å². The van der Waals surface area contributed by atoms with Crippen LogP contribution in [0.2, 0.25) is 10.0 Å². The zero-order valence-electron chi connectivity index (χ0n) is 20.3. The van der Waals surface area contributed by atoms with E-state index in [1.807, 2.05) is 0 Å². The Morgan fingerprint density at radius 1 is 0.921 bits per heavy atom. The molecule has 2 N–H and O–H groups in total. The van der Waals surface area contributed by atoms with Crippen LogP contribution in [0.4, 0.5) is 5.69 Å². The zero-order chi connectivity index (χ0) is 27.4. The van der Waals surface area contributed by atoms with Crippen LogP contribution in [0.15, 0.2) is 95.5 Å². The van der Waals surface area contributed by atoms with E-state index in [9.17, 15) is 14.9 Å². The van der Waals surface area contributed by atoms with Crippen LogP contribution < -0.4 is 15.4 Å². The number of nitriles is 1. The fourth-order valence-corrected chi connectivity index (χ4v) is 4.44. The fourth-order valence-electron chi connectivity index (χ4n) is 4.14. The lowest BCUT2D eigenvalue weighted by Gasteiger charge is -2.36. The van der Waals surface area contributed by atoms with Gasteiger partial charge in [0.1, 0.15) is 17.3 Å². The monoisotopic (exact) mass is 549 g/mol. The summed E-state index contributed by atoms with van der Waals surface area (Å²) in [6, 6.07) is 22.1. The Hall–Kier alpha value is -4.45. The van der Waals surface area contributed by atoms with Crippen LogP contribution in [0.3, 0.4) is 0 Å². The van der Waals surface area contributed by atoms with E-state index in [1.54, 1.807) is 66.7 Å². The van der Waals surface area contributed by atoms with Crippen molar-refractivity contribution in [2.75, 3.05) is 19.1 Å². The van der Waals surface area contributed by atoms with E-state index in [1.165, 1.54) is 25.2 Å². The van der Waals surface area contributed by atoms with Crippen molar-refractivity contribution in [2.24, 2.45) is 5.73 Å². The molecule has 0 saturated carbocycles. The van der Waals surface area contributed by atoms with E-state index in [0.29, 0.717) is 16.3 Å². The molecule has 1 atom stereocenters. The normalized spacial score (nSPS) is 15.1. The van der Waals surface area contributed by atoms with Gasteiger partial charge in [-0.25, -0.2) is 9.59 Å². The highest BCUT2D eigenvalue weighted by molar-refractivity contribution is 6.31. The van der Waals surface area contributed by atoms with Gasteiger partial charge in [-0.05, 0) is 48.0 Å². The van der Waals surface area contributed by atoms with Crippen LogP contribution in [0.1, 0.15) is 11.5 Å². The predicted octanol–water partition coefficient (Wildman–Crippen LogP) is 5.68. The molecule has 1 aliphatic rings.